The minimum absolute atomic E-state index is 0.412. The number of halogens is 1. The van der Waals surface area contributed by atoms with E-state index in [1.165, 1.54) is 6.08 Å². The minimum Gasteiger partial charge on any atom is -0.423 e. The fraction of sp³-hybridized carbons (Fsp3) is 0. The van der Waals surface area contributed by atoms with E-state index < -0.39 is 5.97 Å². The second-order valence-electron chi connectivity index (χ2n) is 4.81. The summed E-state index contributed by atoms with van der Waals surface area (Å²) < 4.78 is 5.32. The van der Waals surface area contributed by atoms with Crippen molar-refractivity contribution in [2.75, 3.05) is 0 Å². The van der Waals surface area contributed by atoms with Crippen molar-refractivity contribution in [2.45, 2.75) is 0 Å². The third-order valence-electron chi connectivity index (χ3n) is 3.22. The number of ether oxygens (including phenoxy) is 1. The van der Waals surface area contributed by atoms with Crippen LogP contribution in [0.2, 0.25) is 5.02 Å². The fourth-order valence-corrected chi connectivity index (χ4v) is 2.25. The van der Waals surface area contributed by atoms with Gasteiger partial charge in [-0.3, -0.25) is 0 Å². The summed E-state index contributed by atoms with van der Waals surface area (Å²) in [7, 11) is 0. The van der Waals surface area contributed by atoms with Crippen LogP contribution in [0.3, 0.4) is 0 Å². The highest BCUT2D eigenvalue weighted by Gasteiger charge is 2.02. The van der Waals surface area contributed by atoms with Crippen molar-refractivity contribution in [3.63, 3.8) is 0 Å². The molecular formula is C19H13ClO2. The first-order valence-corrected chi connectivity index (χ1v) is 7.23. The summed E-state index contributed by atoms with van der Waals surface area (Å²) in [6, 6.07) is 20.7. The Balaban J connectivity index is 1.71. The molecule has 0 aliphatic carbocycles. The van der Waals surface area contributed by atoms with Crippen LogP contribution in [0.15, 0.2) is 72.8 Å². The van der Waals surface area contributed by atoms with Gasteiger partial charge in [-0.15, -0.1) is 0 Å². The molecule has 0 bridgehead atoms. The third kappa shape index (κ3) is 3.54. The average Bonchev–Trinajstić information content (AvgIpc) is 2.54. The molecule has 0 heterocycles. The van der Waals surface area contributed by atoms with Crippen molar-refractivity contribution < 1.29 is 9.53 Å². The standard InChI is InChI=1S/C19H13ClO2/c20-17-9-5-14(6-10-17)7-12-19(21)22-18-11-8-15-3-1-2-4-16(15)13-18/h1-13H/b12-7+. The van der Waals surface area contributed by atoms with Crippen molar-refractivity contribution in [3.8, 4) is 5.75 Å². The van der Waals surface area contributed by atoms with Gasteiger partial charge in [0, 0.05) is 11.1 Å². The van der Waals surface area contributed by atoms with Gasteiger partial charge in [0.15, 0.2) is 0 Å². The molecule has 3 aromatic carbocycles. The Morgan fingerprint density at radius 1 is 0.909 bits per heavy atom. The number of benzene rings is 3. The summed E-state index contributed by atoms with van der Waals surface area (Å²) in [4.78, 5) is 11.9. The smallest absolute Gasteiger partial charge is 0.336 e. The number of carbonyl (C=O) groups excluding carboxylic acids is 1. The van der Waals surface area contributed by atoms with Gasteiger partial charge in [-0.2, -0.15) is 0 Å². The van der Waals surface area contributed by atoms with Gasteiger partial charge in [0.1, 0.15) is 5.75 Å². The lowest BCUT2D eigenvalue weighted by atomic mass is 10.1. The van der Waals surface area contributed by atoms with Gasteiger partial charge in [-0.1, -0.05) is 54.1 Å². The van der Waals surface area contributed by atoms with E-state index in [1.807, 2.05) is 48.5 Å². The molecule has 0 saturated heterocycles. The van der Waals surface area contributed by atoms with Gasteiger partial charge in [0.05, 0.1) is 0 Å². The molecule has 0 amide bonds. The van der Waals surface area contributed by atoms with E-state index in [0.29, 0.717) is 10.8 Å². The van der Waals surface area contributed by atoms with Crippen LogP contribution in [0.4, 0.5) is 0 Å². The maximum Gasteiger partial charge on any atom is 0.336 e. The molecule has 0 spiro atoms. The molecule has 3 heteroatoms. The van der Waals surface area contributed by atoms with E-state index in [9.17, 15) is 4.79 Å². The van der Waals surface area contributed by atoms with Gasteiger partial charge < -0.3 is 4.74 Å². The van der Waals surface area contributed by atoms with E-state index in [1.54, 1.807) is 24.3 Å². The SMILES string of the molecule is O=C(/C=C/c1ccc(Cl)cc1)Oc1ccc2ccccc2c1. The molecule has 2 nitrogen and oxygen atoms in total. The van der Waals surface area contributed by atoms with E-state index in [4.69, 9.17) is 16.3 Å². The van der Waals surface area contributed by atoms with Crippen LogP contribution >= 0.6 is 11.6 Å². The number of rotatable bonds is 3. The van der Waals surface area contributed by atoms with Crippen LogP contribution in [-0.4, -0.2) is 5.97 Å². The summed E-state index contributed by atoms with van der Waals surface area (Å²) in [5.41, 5.74) is 0.889. The molecule has 3 rings (SSSR count). The van der Waals surface area contributed by atoms with Gasteiger partial charge in [0.25, 0.3) is 0 Å². The van der Waals surface area contributed by atoms with Crippen LogP contribution in [0.5, 0.6) is 5.75 Å². The van der Waals surface area contributed by atoms with Gasteiger partial charge in [0.2, 0.25) is 0 Å². The molecule has 0 aromatic heterocycles. The molecule has 0 radical (unpaired) electrons. The Morgan fingerprint density at radius 2 is 1.64 bits per heavy atom. The van der Waals surface area contributed by atoms with Gasteiger partial charge >= 0.3 is 5.97 Å². The predicted molar refractivity (Wildman–Crippen MR) is 90.1 cm³/mol. The highest BCUT2D eigenvalue weighted by molar-refractivity contribution is 6.30. The fourth-order valence-electron chi connectivity index (χ4n) is 2.12. The summed E-state index contributed by atoms with van der Waals surface area (Å²) in [6.45, 7) is 0. The van der Waals surface area contributed by atoms with E-state index in [2.05, 4.69) is 0 Å². The molecule has 0 fully saturated rings. The van der Waals surface area contributed by atoms with Crippen molar-refractivity contribution in [1.29, 1.82) is 0 Å². The Labute approximate surface area is 133 Å². The maximum atomic E-state index is 11.9. The lowest BCUT2D eigenvalue weighted by Gasteiger charge is -2.03. The largest absolute Gasteiger partial charge is 0.423 e. The molecular weight excluding hydrogens is 296 g/mol. The zero-order chi connectivity index (χ0) is 15.4. The van der Waals surface area contributed by atoms with E-state index >= 15 is 0 Å². The number of hydrogen-bond acceptors (Lipinski definition) is 2. The molecule has 22 heavy (non-hydrogen) atoms. The molecule has 0 unspecified atom stereocenters. The lowest BCUT2D eigenvalue weighted by molar-refractivity contribution is -0.128. The topological polar surface area (TPSA) is 26.3 Å². The highest BCUT2D eigenvalue weighted by atomic mass is 35.5. The summed E-state index contributed by atoms with van der Waals surface area (Å²) in [5, 5.41) is 2.81. The van der Waals surface area contributed by atoms with Gasteiger partial charge in [-0.05, 0) is 46.7 Å². The second kappa shape index (κ2) is 6.46. The predicted octanol–water partition coefficient (Wildman–Crippen LogP) is 5.11. The average molecular weight is 309 g/mol. The first-order valence-electron chi connectivity index (χ1n) is 6.85. The van der Waals surface area contributed by atoms with Crippen LogP contribution in [0.25, 0.3) is 16.8 Å². The molecule has 0 N–H and O–H groups in total. The molecule has 0 aliphatic rings. The molecule has 0 aliphatic heterocycles. The molecule has 0 atom stereocenters. The Hall–Kier alpha value is -2.58. The van der Waals surface area contributed by atoms with Crippen molar-refractivity contribution >= 4 is 34.4 Å². The number of carbonyl (C=O) groups is 1. The van der Waals surface area contributed by atoms with Crippen LogP contribution < -0.4 is 4.74 Å². The number of hydrogen-bond donors (Lipinski definition) is 0. The third-order valence-corrected chi connectivity index (χ3v) is 3.47. The first-order chi connectivity index (χ1) is 10.7. The number of esters is 1. The van der Waals surface area contributed by atoms with Crippen molar-refractivity contribution in [2.24, 2.45) is 0 Å². The molecule has 0 saturated carbocycles. The second-order valence-corrected chi connectivity index (χ2v) is 5.25. The Bertz CT molecular complexity index is 835. The van der Waals surface area contributed by atoms with E-state index in [-0.39, 0.29) is 0 Å². The zero-order valence-corrected chi connectivity index (χ0v) is 12.5. The number of fused-ring (bicyclic) bond motifs is 1. The highest BCUT2D eigenvalue weighted by Crippen LogP contribution is 2.20. The van der Waals surface area contributed by atoms with Crippen molar-refractivity contribution in [1.82, 2.24) is 0 Å². The summed E-state index contributed by atoms with van der Waals surface area (Å²) in [6.07, 6.45) is 3.10. The van der Waals surface area contributed by atoms with E-state index in [0.717, 1.165) is 16.3 Å². The Morgan fingerprint density at radius 3 is 2.41 bits per heavy atom. The molecule has 108 valence electrons. The van der Waals surface area contributed by atoms with Crippen LogP contribution in [0.1, 0.15) is 5.56 Å². The first kappa shape index (κ1) is 14.4. The van der Waals surface area contributed by atoms with Crippen LogP contribution in [-0.2, 0) is 4.79 Å². The van der Waals surface area contributed by atoms with Crippen LogP contribution in [0, 0.1) is 0 Å². The summed E-state index contributed by atoms with van der Waals surface area (Å²) >= 11 is 5.81. The van der Waals surface area contributed by atoms with Crippen molar-refractivity contribution in [3.05, 3.63) is 83.4 Å². The quantitative estimate of drug-likeness (QED) is 0.382. The summed E-state index contributed by atoms with van der Waals surface area (Å²) in [5.74, 6) is 0.120. The Kier molecular flexibility index (Phi) is 4.22. The molecule has 3 aromatic rings. The maximum absolute atomic E-state index is 11.9. The lowest BCUT2D eigenvalue weighted by Crippen LogP contribution is -2.03. The zero-order valence-electron chi connectivity index (χ0n) is 11.7. The van der Waals surface area contributed by atoms with Gasteiger partial charge in [-0.25, -0.2) is 4.79 Å². The minimum atomic E-state index is -0.412. The monoisotopic (exact) mass is 308 g/mol. The normalized spacial score (nSPS) is 11.0.